The molecule has 180 valence electrons. The Bertz CT molecular complexity index is 1480. The molecular formula is C26H27N5O3S. The van der Waals surface area contributed by atoms with Gasteiger partial charge in [0, 0.05) is 31.7 Å². The van der Waals surface area contributed by atoms with E-state index >= 15 is 0 Å². The highest BCUT2D eigenvalue weighted by Crippen LogP contribution is 2.28. The Kier molecular flexibility index (Phi) is 6.12. The van der Waals surface area contributed by atoms with Crippen LogP contribution in [-0.2, 0) is 17.1 Å². The van der Waals surface area contributed by atoms with Crippen molar-refractivity contribution in [3.05, 3.63) is 78.0 Å². The van der Waals surface area contributed by atoms with Gasteiger partial charge in [-0.25, -0.2) is 18.1 Å². The van der Waals surface area contributed by atoms with Gasteiger partial charge in [0.25, 0.3) is 5.91 Å². The second-order valence-corrected chi connectivity index (χ2v) is 10.5. The number of nitrogens with zero attached hydrogens (tertiary/aromatic N) is 4. The second-order valence-electron chi connectivity index (χ2n) is 8.83. The molecule has 4 aromatic rings. The van der Waals surface area contributed by atoms with E-state index in [0.717, 1.165) is 22.3 Å². The van der Waals surface area contributed by atoms with Crippen LogP contribution in [0.15, 0.2) is 71.6 Å². The molecule has 0 aliphatic carbocycles. The minimum Gasteiger partial charge on any atom is -0.339 e. The number of benzene rings is 2. The fourth-order valence-electron chi connectivity index (χ4n) is 4.63. The van der Waals surface area contributed by atoms with Gasteiger partial charge in [0.1, 0.15) is 0 Å². The normalized spacial score (nSPS) is 15.0. The van der Waals surface area contributed by atoms with E-state index in [0.29, 0.717) is 37.1 Å². The third kappa shape index (κ3) is 4.56. The first-order valence-electron chi connectivity index (χ1n) is 11.6. The number of hydrogen-bond acceptors (Lipinski definition) is 5. The number of piperidine rings is 1. The number of carbonyl (C=O) groups is 1. The molecule has 0 atom stereocenters. The Balaban J connectivity index is 1.38. The zero-order chi connectivity index (χ0) is 24.6. The van der Waals surface area contributed by atoms with Crippen LogP contribution >= 0.6 is 0 Å². The maximum Gasteiger partial charge on any atom is 0.254 e. The second kappa shape index (κ2) is 9.24. The lowest BCUT2D eigenvalue weighted by Gasteiger charge is -2.32. The van der Waals surface area contributed by atoms with Crippen LogP contribution in [-0.4, -0.2) is 53.1 Å². The quantitative estimate of drug-likeness (QED) is 0.463. The average molecular weight is 490 g/mol. The highest BCUT2D eigenvalue weighted by molar-refractivity contribution is 7.89. The number of amides is 1. The van der Waals surface area contributed by atoms with Gasteiger partial charge in [-0.1, -0.05) is 48.5 Å². The highest BCUT2D eigenvalue weighted by Gasteiger charge is 2.29. The van der Waals surface area contributed by atoms with Gasteiger partial charge < -0.3 is 4.90 Å². The van der Waals surface area contributed by atoms with Gasteiger partial charge in [0.2, 0.25) is 10.0 Å². The van der Waals surface area contributed by atoms with Crippen LogP contribution in [0.1, 0.15) is 28.9 Å². The largest absolute Gasteiger partial charge is 0.339 e. The predicted octanol–water partition coefficient (Wildman–Crippen LogP) is 3.53. The number of aryl methyl sites for hydroxylation is 2. The molecule has 0 saturated carbocycles. The lowest BCUT2D eigenvalue weighted by molar-refractivity contribution is 0.0713. The number of nitrogens with one attached hydrogen (secondary N) is 1. The lowest BCUT2D eigenvalue weighted by Crippen LogP contribution is -2.46. The highest BCUT2D eigenvalue weighted by atomic mass is 32.2. The molecule has 1 fully saturated rings. The third-order valence-electron chi connectivity index (χ3n) is 6.43. The molecule has 9 heteroatoms. The molecule has 1 amide bonds. The summed E-state index contributed by atoms with van der Waals surface area (Å²) in [5.74, 6) is -0.0879. The molecule has 1 aliphatic heterocycles. The first-order valence-corrected chi connectivity index (χ1v) is 13.1. The summed E-state index contributed by atoms with van der Waals surface area (Å²) in [5, 5.41) is 5.25. The molecule has 2 aromatic carbocycles. The van der Waals surface area contributed by atoms with Gasteiger partial charge in [0.15, 0.2) is 5.65 Å². The molecule has 0 spiro atoms. The average Bonchev–Trinajstić information content (AvgIpc) is 3.17. The summed E-state index contributed by atoms with van der Waals surface area (Å²) in [5.41, 5.74) is 3.63. The van der Waals surface area contributed by atoms with Crippen LogP contribution in [0, 0.1) is 6.92 Å². The van der Waals surface area contributed by atoms with E-state index < -0.39 is 10.0 Å². The van der Waals surface area contributed by atoms with Gasteiger partial charge in [-0.15, -0.1) is 0 Å². The lowest BCUT2D eigenvalue weighted by atomic mass is 10.0. The molecule has 2 aromatic heterocycles. The van der Waals surface area contributed by atoms with E-state index in [1.807, 2.05) is 50.4 Å². The molecule has 0 unspecified atom stereocenters. The molecule has 5 rings (SSSR count). The summed E-state index contributed by atoms with van der Waals surface area (Å²) in [6, 6.07) is 19.7. The summed E-state index contributed by atoms with van der Waals surface area (Å²) < 4.78 is 29.9. The standard InChI is InChI=1S/C26H27N5O3S/c1-18-24-22(17-23(19-9-5-3-6-10-19)27-25(24)30(2)28-18)26(32)31-15-13-20(14-16-31)29-35(33,34)21-11-7-4-8-12-21/h3-12,17,20,29H,13-16H2,1-2H3. The van der Waals surface area contributed by atoms with Crippen LogP contribution < -0.4 is 4.72 Å². The molecule has 1 N–H and O–H groups in total. The number of fused-ring (bicyclic) bond motifs is 1. The van der Waals surface area contributed by atoms with Gasteiger partial charge in [-0.05, 0) is 38.0 Å². The van der Waals surface area contributed by atoms with Gasteiger partial charge in [-0.2, -0.15) is 5.10 Å². The maximum atomic E-state index is 13.7. The number of rotatable bonds is 5. The van der Waals surface area contributed by atoms with E-state index in [2.05, 4.69) is 9.82 Å². The molecule has 0 radical (unpaired) electrons. The van der Waals surface area contributed by atoms with E-state index in [1.54, 1.807) is 39.9 Å². The first kappa shape index (κ1) is 23.2. The number of sulfonamides is 1. The van der Waals surface area contributed by atoms with Crippen molar-refractivity contribution in [2.45, 2.75) is 30.7 Å². The van der Waals surface area contributed by atoms with Crippen molar-refractivity contribution >= 4 is 27.0 Å². The monoisotopic (exact) mass is 489 g/mol. The number of hydrogen-bond donors (Lipinski definition) is 1. The molecule has 0 bridgehead atoms. The Labute approximate surface area is 204 Å². The summed E-state index contributed by atoms with van der Waals surface area (Å²) in [7, 11) is -1.76. The van der Waals surface area contributed by atoms with Crippen molar-refractivity contribution in [2.24, 2.45) is 7.05 Å². The molecular weight excluding hydrogens is 462 g/mol. The van der Waals surface area contributed by atoms with Crippen LogP contribution in [0.4, 0.5) is 0 Å². The number of aromatic nitrogens is 3. The zero-order valence-electron chi connectivity index (χ0n) is 19.7. The number of pyridine rings is 1. The van der Waals surface area contributed by atoms with Crippen molar-refractivity contribution in [1.82, 2.24) is 24.4 Å². The van der Waals surface area contributed by atoms with E-state index in [9.17, 15) is 13.2 Å². The third-order valence-corrected chi connectivity index (χ3v) is 7.96. The van der Waals surface area contributed by atoms with Crippen molar-refractivity contribution in [2.75, 3.05) is 13.1 Å². The zero-order valence-corrected chi connectivity index (χ0v) is 20.5. The van der Waals surface area contributed by atoms with E-state index in [1.165, 1.54) is 0 Å². The minimum absolute atomic E-state index is 0.0879. The van der Waals surface area contributed by atoms with Crippen LogP contribution in [0.25, 0.3) is 22.3 Å². The minimum atomic E-state index is -3.59. The van der Waals surface area contributed by atoms with Gasteiger partial charge in [0.05, 0.1) is 27.2 Å². The smallest absolute Gasteiger partial charge is 0.254 e. The molecule has 8 nitrogen and oxygen atoms in total. The van der Waals surface area contributed by atoms with Crippen molar-refractivity contribution in [3.63, 3.8) is 0 Å². The summed E-state index contributed by atoms with van der Waals surface area (Å²) in [6.45, 7) is 2.81. The van der Waals surface area contributed by atoms with Crippen LogP contribution in [0.5, 0.6) is 0 Å². The number of carbonyl (C=O) groups excluding carboxylic acids is 1. The van der Waals surface area contributed by atoms with Crippen molar-refractivity contribution in [3.8, 4) is 11.3 Å². The Hall–Kier alpha value is -3.56. The number of likely N-dealkylation sites (tertiary alicyclic amines) is 1. The van der Waals surface area contributed by atoms with Crippen molar-refractivity contribution < 1.29 is 13.2 Å². The Morgan fingerprint density at radius 2 is 1.63 bits per heavy atom. The fourth-order valence-corrected chi connectivity index (χ4v) is 5.95. The molecule has 1 aliphatic rings. The molecule has 35 heavy (non-hydrogen) atoms. The van der Waals surface area contributed by atoms with Crippen LogP contribution in [0.3, 0.4) is 0 Å². The summed E-state index contributed by atoms with van der Waals surface area (Å²) in [4.78, 5) is 20.5. The topological polar surface area (TPSA) is 97.2 Å². The maximum absolute atomic E-state index is 13.7. The first-order chi connectivity index (χ1) is 16.8. The van der Waals surface area contributed by atoms with Crippen LogP contribution in [0.2, 0.25) is 0 Å². The Morgan fingerprint density at radius 1 is 1.00 bits per heavy atom. The van der Waals surface area contributed by atoms with Gasteiger partial charge in [-0.3, -0.25) is 9.48 Å². The summed E-state index contributed by atoms with van der Waals surface area (Å²) >= 11 is 0. The fraction of sp³-hybridized carbons (Fsp3) is 0.269. The van der Waals surface area contributed by atoms with Crippen molar-refractivity contribution in [1.29, 1.82) is 0 Å². The SMILES string of the molecule is Cc1nn(C)c2nc(-c3ccccc3)cc(C(=O)N3CCC(NS(=O)(=O)c4ccccc4)CC3)c12. The predicted molar refractivity (Wildman–Crippen MR) is 134 cm³/mol. The Morgan fingerprint density at radius 3 is 2.29 bits per heavy atom. The molecule has 3 heterocycles. The van der Waals surface area contributed by atoms with E-state index in [4.69, 9.17) is 4.98 Å². The molecule has 1 saturated heterocycles. The van der Waals surface area contributed by atoms with Gasteiger partial charge >= 0.3 is 0 Å². The van der Waals surface area contributed by atoms with E-state index in [-0.39, 0.29) is 16.8 Å². The summed E-state index contributed by atoms with van der Waals surface area (Å²) in [6.07, 6.45) is 1.09.